The molecule has 348 valence electrons. The summed E-state index contributed by atoms with van der Waals surface area (Å²) in [6.07, 6.45) is 57.8. The first kappa shape index (κ1) is 57.5. The Bertz CT molecular complexity index is 935. The molecule has 6 nitrogen and oxygen atoms in total. The van der Waals surface area contributed by atoms with Crippen LogP contribution in [0.2, 0.25) is 0 Å². The number of unbranched alkanes of at least 4 members (excludes halogenated alkanes) is 32. The average molecular weight is 832 g/mol. The fraction of sp³-hybridized carbons (Fsp3) is 0.868. The van der Waals surface area contributed by atoms with Crippen LogP contribution in [0.5, 0.6) is 0 Å². The quantitative estimate of drug-likeness (QED) is 0.0310. The highest BCUT2D eigenvalue weighted by molar-refractivity contribution is 5.80. The predicted octanol–water partition coefficient (Wildman–Crippen LogP) is 14.5. The molecule has 4 atom stereocenters. The van der Waals surface area contributed by atoms with E-state index in [1.54, 1.807) is 0 Å². The molecule has 5 N–H and O–H groups in total. The Labute approximate surface area is 367 Å². The van der Waals surface area contributed by atoms with E-state index >= 15 is 0 Å². The fourth-order valence-corrected chi connectivity index (χ4v) is 7.95. The monoisotopic (exact) mass is 832 g/mol. The molecule has 0 spiro atoms. The lowest BCUT2D eigenvalue weighted by Gasteiger charge is -2.27. The Morgan fingerprint density at radius 2 is 0.712 bits per heavy atom. The Morgan fingerprint density at radius 1 is 0.407 bits per heavy atom. The maximum absolute atomic E-state index is 12.5. The molecule has 59 heavy (non-hydrogen) atoms. The van der Waals surface area contributed by atoms with Gasteiger partial charge in [-0.1, -0.05) is 224 Å². The first-order valence-electron chi connectivity index (χ1n) is 25.9. The van der Waals surface area contributed by atoms with Crippen molar-refractivity contribution in [1.82, 2.24) is 5.32 Å². The number of carbonyl (C=O) groups excluding carboxylic acids is 1. The van der Waals surface area contributed by atoms with Crippen LogP contribution >= 0.6 is 0 Å². The third-order valence-corrected chi connectivity index (χ3v) is 12.1. The molecule has 0 aliphatic heterocycles. The second-order valence-electron chi connectivity index (χ2n) is 17.8. The van der Waals surface area contributed by atoms with Gasteiger partial charge in [-0.25, -0.2) is 0 Å². The summed E-state index contributed by atoms with van der Waals surface area (Å²) in [4.78, 5) is 12.5. The van der Waals surface area contributed by atoms with Gasteiger partial charge in [0.2, 0.25) is 5.91 Å². The molecule has 0 saturated heterocycles. The minimum absolute atomic E-state index is 0.361. The highest BCUT2D eigenvalue weighted by Gasteiger charge is 2.28. The summed E-state index contributed by atoms with van der Waals surface area (Å²) in [5.41, 5.74) is 0. The molecule has 0 radical (unpaired) electrons. The van der Waals surface area contributed by atoms with Gasteiger partial charge in [-0.2, -0.15) is 0 Å². The van der Waals surface area contributed by atoms with Crippen LogP contribution in [0.15, 0.2) is 36.5 Å². The molecule has 0 fully saturated rings. The molecule has 0 heterocycles. The van der Waals surface area contributed by atoms with E-state index in [2.05, 4.69) is 55.6 Å². The van der Waals surface area contributed by atoms with E-state index in [1.165, 1.54) is 186 Å². The van der Waals surface area contributed by atoms with Crippen molar-refractivity contribution in [2.24, 2.45) is 0 Å². The zero-order valence-electron chi connectivity index (χ0n) is 39.3. The van der Waals surface area contributed by atoms with E-state index in [4.69, 9.17) is 0 Å². The second-order valence-corrected chi connectivity index (χ2v) is 17.8. The van der Waals surface area contributed by atoms with Gasteiger partial charge in [-0.05, 0) is 77.0 Å². The smallest absolute Gasteiger partial charge is 0.249 e. The lowest BCUT2D eigenvalue weighted by molar-refractivity contribution is -0.132. The molecule has 0 aromatic heterocycles. The van der Waals surface area contributed by atoms with Crippen molar-refractivity contribution >= 4 is 5.91 Å². The van der Waals surface area contributed by atoms with Gasteiger partial charge < -0.3 is 25.7 Å². The number of rotatable bonds is 47. The number of carbonyl (C=O) groups is 1. The van der Waals surface area contributed by atoms with Crippen LogP contribution in [-0.4, -0.2) is 57.3 Å². The standard InChI is InChI=1S/C53H101NO5/c1-3-5-7-9-11-13-15-17-18-19-20-21-22-23-24-25-26-27-28-29-30-31-32-33-35-37-39-41-43-45-47-51(57)53(59)54-49(48-55)52(58)50(56)46-44-42-40-38-36-34-16-14-12-10-8-6-4-2/h14,16,23-24,38,40,49-52,55-58H,3-13,15,17-22,25-37,39,41-48H2,1-2H3,(H,54,59)/b16-14+,24-23-,40-38+. The normalized spacial score (nSPS) is 14.2. The molecule has 1 amide bonds. The predicted molar refractivity (Wildman–Crippen MR) is 256 cm³/mol. The highest BCUT2D eigenvalue weighted by atomic mass is 16.3. The Balaban J connectivity index is 3.62. The lowest BCUT2D eigenvalue weighted by atomic mass is 10.00. The number of hydrogen-bond donors (Lipinski definition) is 5. The molecule has 6 heteroatoms. The first-order chi connectivity index (χ1) is 29.0. The largest absolute Gasteiger partial charge is 0.394 e. The maximum Gasteiger partial charge on any atom is 0.249 e. The van der Waals surface area contributed by atoms with Gasteiger partial charge in [0.05, 0.1) is 18.8 Å². The van der Waals surface area contributed by atoms with Gasteiger partial charge in [-0.15, -0.1) is 0 Å². The summed E-state index contributed by atoms with van der Waals surface area (Å²) < 4.78 is 0. The highest BCUT2D eigenvalue weighted by Crippen LogP contribution is 2.16. The number of allylic oxidation sites excluding steroid dienone is 6. The molecule has 0 aliphatic carbocycles. The Kier molecular flexibility index (Phi) is 46.4. The van der Waals surface area contributed by atoms with Gasteiger partial charge in [0.25, 0.3) is 0 Å². The zero-order chi connectivity index (χ0) is 43.1. The summed E-state index contributed by atoms with van der Waals surface area (Å²) >= 11 is 0. The van der Waals surface area contributed by atoms with Crippen molar-refractivity contribution in [1.29, 1.82) is 0 Å². The van der Waals surface area contributed by atoms with Gasteiger partial charge in [0.15, 0.2) is 0 Å². The van der Waals surface area contributed by atoms with Crippen molar-refractivity contribution in [2.45, 2.75) is 289 Å². The van der Waals surface area contributed by atoms with Crippen LogP contribution in [0.25, 0.3) is 0 Å². The topological polar surface area (TPSA) is 110 Å². The molecular formula is C53H101NO5. The van der Waals surface area contributed by atoms with E-state index in [-0.39, 0.29) is 0 Å². The minimum atomic E-state index is -1.29. The van der Waals surface area contributed by atoms with Crippen LogP contribution in [0, 0.1) is 0 Å². The summed E-state index contributed by atoms with van der Waals surface area (Å²) in [7, 11) is 0. The number of aliphatic hydroxyl groups excluding tert-OH is 4. The van der Waals surface area contributed by atoms with Crippen molar-refractivity contribution < 1.29 is 25.2 Å². The van der Waals surface area contributed by atoms with Crippen molar-refractivity contribution in [2.75, 3.05) is 6.61 Å². The summed E-state index contributed by atoms with van der Waals surface area (Å²) in [6, 6.07) is -1.01. The summed E-state index contributed by atoms with van der Waals surface area (Å²) in [5, 5.41) is 43.7. The van der Waals surface area contributed by atoms with Crippen LogP contribution in [0.1, 0.15) is 264 Å². The Morgan fingerprint density at radius 3 is 1.08 bits per heavy atom. The summed E-state index contributed by atoms with van der Waals surface area (Å²) in [6.45, 7) is 4.02. The molecular weight excluding hydrogens is 731 g/mol. The summed E-state index contributed by atoms with van der Waals surface area (Å²) in [5.74, 6) is -0.596. The van der Waals surface area contributed by atoms with Crippen LogP contribution in [0.4, 0.5) is 0 Å². The van der Waals surface area contributed by atoms with Crippen LogP contribution < -0.4 is 5.32 Å². The average Bonchev–Trinajstić information content (AvgIpc) is 3.24. The number of amides is 1. The number of nitrogens with one attached hydrogen (secondary N) is 1. The van der Waals surface area contributed by atoms with Crippen molar-refractivity contribution in [3.8, 4) is 0 Å². The molecule has 4 unspecified atom stereocenters. The second kappa shape index (κ2) is 47.6. The number of aliphatic hydroxyl groups is 4. The van der Waals surface area contributed by atoms with Crippen LogP contribution in [0.3, 0.4) is 0 Å². The van der Waals surface area contributed by atoms with E-state index < -0.39 is 36.9 Å². The van der Waals surface area contributed by atoms with Gasteiger partial charge in [0, 0.05) is 0 Å². The van der Waals surface area contributed by atoms with Crippen LogP contribution in [-0.2, 0) is 4.79 Å². The third-order valence-electron chi connectivity index (χ3n) is 12.1. The molecule has 0 saturated carbocycles. The van der Waals surface area contributed by atoms with E-state index in [0.717, 1.165) is 44.9 Å². The molecule has 0 bridgehead atoms. The molecule has 0 rings (SSSR count). The fourth-order valence-electron chi connectivity index (χ4n) is 7.95. The van der Waals surface area contributed by atoms with E-state index in [1.807, 2.05) is 0 Å². The van der Waals surface area contributed by atoms with Crippen molar-refractivity contribution in [3.63, 3.8) is 0 Å². The van der Waals surface area contributed by atoms with Gasteiger partial charge in [0.1, 0.15) is 12.2 Å². The number of hydrogen-bond acceptors (Lipinski definition) is 5. The van der Waals surface area contributed by atoms with E-state index in [0.29, 0.717) is 19.3 Å². The first-order valence-corrected chi connectivity index (χ1v) is 25.9. The SMILES string of the molecule is CCCCCC/C=C/CC/C=C/CCCC(O)C(O)C(CO)NC(=O)C(O)CCCCCCCCCCCCCCCC/C=C\CCCCCCCCCCCCCC. The van der Waals surface area contributed by atoms with E-state index in [9.17, 15) is 25.2 Å². The lowest BCUT2D eigenvalue weighted by Crippen LogP contribution is -2.53. The zero-order valence-corrected chi connectivity index (χ0v) is 39.3. The molecule has 0 aliphatic rings. The minimum Gasteiger partial charge on any atom is -0.394 e. The molecule has 0 aromatic rings. The van der Waals surface area contributed by atoms with Crippen molar-refractivity contribution in [3.05, 3.63) is 36.5 Å². The Hall–Kier alpha value is -1.47. The molecule has 0 aromatic carbocycles. The van der Waals surface area contributed by atoms with Gasteiger partial charge >= 0.3 is 0 Å². The third kappa shape index (κ3) is 41.6. The maximum atomic E-state index is 12.5. The van der Waals surface area contributed by atoms with Gasteiger partial charge in [-0.3, -0.25) is 4.79 Å².